The molecule has 1 aromatic carbocycles. The number of rotatable bonds is 2. The van der Waals surface area contributed by atoms with Gasteiger partial charge in [-0.1, -0.05) is 54.0 Å². The Hall–Kier alpha value is -1.50. The average Bonchev–Trinajstić information content (AvgIpc) is 2.35. The fourth-order valence-electron chi connectivity index (χ4n) is 2.61. The van der Waals surface area contributed by atoms with Crippen molar-refractivity contribution >= 4 is 13.3 Å². The van der Waals surface area contributed by atoms with Crippen LogP contribution in [0.25, 0.3) is 0 Å². The predicted molar refractivity (Wildman–Crippen MR) is 83.3 cm³/mol. The van der Waals surface area contributed by atoms with Gasteiger partial charge in [-0.25, -0.2) is 0 Å². The molecule has 0 saturated heterocycles. The monoisotopic (exact) mass is 236 g/mol. The first-order valence-corrected chi connectivity index (χ1v) is 6.77. The fraction of sp³-hybridized carbons (Fsp3) is 0.294. The highest BCUT2D eigenvalue weighted by Crippen LogP contribution is 2.24. The quantitative estimate of drug-likeness (QED) is 0.547. The van der Waals surface area contributed by atoms with Gasteiger partial charge in [0.2, 0.25) is 0 Å². The molecule has 92 valence electrons. The van der Waals surface area contributed by atoms with Crippen molar-refractivity contribution in [3.05, 3.63) is 65.3 Å². The summed E-state index contributed by atoms with van der Waals surface area (Å²) in [6.45, 7) is 6.02. The van der Waals surface area contributed by atoms with Crippen molar-refractivity contribution in [1.82, 2.24) is 0 Å². The van der Waals surface area contributed by atoms with Crippen molar-refractivity contribution in [2.75, 3.05) is 0 Å². The third-order valence-electron chi connectivity index (χ3n) is 3.78. The average molecular weight is 236 g/mol. The Bertz CT molecular complexity index is 506. The molecule has 18 heavy (non-hydrogen) atoms. The Kier molecular flexibility index (Phi) is 4.25. The lowest BCUT2D eigenvalue weighted by atomic mass is 9.85. The smallest absolute Gasteiger partial charge is 0.0991 e. The molecule has 0 atom stereocenters. The van der Waals surface area contributed by atoms with E-state index in [-0.39, 0.29) is 0 Å². The van der Waals surface area contributed by atoms with Crippen LogP contribution >= 0.6 is 0 Å². The normalized spacial score (nSPS) is 20.3. The van der Waals surface area contributed by atoms with Crippen molar-refractivity contribution < 1.29 is 0 Å². The Balaban J connectivity index is 2.25. The molecule has 0 fully saturated rings. The zero-order valence-corrected chi connectivity index (χ0v) is 11.5. The van der Waals surface area contributed by atoms with E-state index in [2.05, 4.69) is 51.7 Å². The second kappa shape index (κ2) is 5.90. The molecule has 1 aromatic rings. The summed E-state index contributed by atoms with van der Waals surface area (Å²) in [5, 5.41) is 0. The molecule has 0 spiro atoms. The Morgan fingerprint density at radius 1 is 1.11 bits per heavy atom. The molecule has 0 aromatic heterocycles. The lowest BCUT2D eigenvalue weighted by Gasteiger charge is -2.17. The van der Waals surface area contributed by atoms with Gasteiger partial charge < -0.3 is 0 Å². The summed E-state index contributed by atoms with van der Waals surface area (Å²) < 4.78 is 0. The van der Waals surface area contributed by atoms with E-state index >= 15 is 0 Å². The van der Waals surface area contributed by atoms with Gasteiger partial charge in [-0.15, -0.1) is 0 Å². The van der Waals surface area contributed by atoms with Gasteiger partial charge in [0.25, 0.3) is 0 Å². The van der Waals surface area contributed by atoms with Crippen LogP contribution in [0.4, 0.5) is 0 Å². The maximum absolute atomic E-state index is 3.75. The fourth-order valence-corrected chi connectivity index (χ4v) is 2.61. The molecular formula is C17H21B. The Morgan fingerprint density at radius 3 is 2.67 bits per heavy atom. The van der Waals surface area contributed by atoms with Crippen molar-refractivity contribution in [3.8, 4) is 0 Å². The molecule has 0 radical (unpaired) electrons. The highest BCUT2D eigenvalue weighted by atomic mass is 14.1. The van der Waals surface area contributed by atoms with E-state index in [4.69, 9.17) is 0 Å². The molecule has 1 aliphatic carbocycles. The van der Waals surface area contributed by atoms with E-state index in [1.807, 2.05) is 6.08 Å². The molecule has 0 nitrogen and oxygen atoms in total. The molecule has 1 heteroatoms. The van der Waals surface area contributed by atoms with Crippen LogP contribution < -0.4 is 5.46 Å². The number of fused-ring (bicyclic) bond motifs is 1. The van der Waals surface area contributed by atoms with Crippen molar-refractivity contribution in [1.29, 1.82) is 0 Å². The summed E-state index contributed by atoms with van der Waals surface area (Å²) in [6, 6.07) is 6.89. The van der Waals surface area contributed by atoms with Gasteiger partial charge >= 0.3 is 0 Å². The van der Waals surface area contributed by atoms with Crippen molar-refractivity contribution in [3.63, 3.8) is 0 Å². The molecule has 0 unspecified atom stereocenters. The van der Waals surface area contributed by atoms with Crippen LogP contribution in [0.5, 0.6) is 0 Å². The summed E-state index contributed by atoms with van der Waals surface area (Å²) >= 11 is 0. The largest absolute Gasteiger partial charge is 0.139 e. The first-order valence-electron chi connectivity index (χ1n) is 6.77. The molecule has 0 saturated carbocycles. The standard InChI is InChI=1S/C17H21B/c1-3-4-5-14-8-9-16-12-17(18)11-10-15(16)7-6-13(14)2/h3-5,10-12H,1,6-9,18H2,2H3/b5-4-,14-13-. The minimum absolute atomic E-state index is 1.15. The number of benzene rings is 1. The highest BCUT2D eigenvalue weighted by Gasteiger charge is 2.10. The molecule has 0 N–H and O–H groups in total. The first-order chi connectivity index (χ1) is 8.70. The van der Waals surface area contributed by atoms with Crippen LogP contribution in [-0.2, 0) is 12.8 Å². The molecule has 0 heterocycles. The Morgan fingerprint density at radius 2 is 1.89 bits per heavy atom. The number of hydrogen-bond acceptors (Lipinski definition) is 0. The molecular weight excluding hydrogens is 215 g/mol. The maximum atomic E-state index is 3.75. The number of hydrogen-bond donors (Lipinski definition) is 0. The third-order valence-corrected chi connectivity index (χ3v) is 3.78. The molecule has 2 rings (SSSR count). The lowest BCUT2D eigenvalue weighted by Crippen LogP contribution is -2.08. The lowest BCUT2D eigenvalue weighted by molar-refractivity contribution is 0.833. The van der Waals surface area contributed by atoms with E-state index in [0.29, 0.717) is 0 Å². The zero-order valence-electron chi connectivity index (χ0n) is 11.5. The summed E-state index contributed by atoms with van der Waals surface area (Å²) in [7, 11) is 2.18. The van der Waals surface area contributed by atoms with Gasteiger partial charge in [0.05, 0.1) is 0 Å². The van der Waals surface area contributed by atoms with Gasteiger partial charge in [0.1, 0.15) is 7.85 Å². The minimum Gasteiger partial charge on any atom is -0.0991 e. The molecule has 0 aliphatic heterocycles. The summed E-state index contributed by atoms with van der Waals surface area (Å²) in [5.74, 6) is 0. The van der Waals surface area contributed by atoms with Gasteiger partial charge in [0.15, 0.2) is 0 Å². The second-order valence-corrected chi connectivity index (χ2v) is 5.17. The SMILES string of the molecule is Bc1ccc2c(c1)CCC(/C=C\C=C)=C(/C)CC2. The van der Waals surface area contributed by atoms with Crippen LogP contribution in [0.1, 0.15) is 30.9 Å². The summed E-state index contributed by atoms with van der Waals surface area (Å²) in [4.78, 5) is 0. The molecule has 0 amide bonds. The van der Waals surface area contributed by atoms with Crippen LogP contribution in [-0.4, -0.2) is 7.85 Å². The van der Waals surface area contributed by atoms with Gasteiger partial charge in [-0.3, -0.25) is 0 Å². The summed E-state index contributed by atoms with van der Waals surface area (Å²) in [5.41, 5.74) is 7.46. The third kappa shape index (κ3) is 3.04. The molecule has 0 bridgehead atoms. The maximum Gasteiger partial charge on any atom is 0.139 e. The molecule has 1 aliphatic rings. The van der Waals surface area contributed by atoms with Gasteiger partial charge in [0, 0.05) is 0 Å². The van der Waals surface area contributed by atoms with E-state index < -0.39 is 0 Å². The topological polar surface area (TPSA) is 0 Å². The van der Waals surface area contributed by atoms with Crippen molar-refractivity contribution in [2.24, 2.45) is 0 Å². The zero-order chi connectivity index (χ0) is 13.0. The van der Waals surface area contributed by atoms with Crippen molar-refractivity contribution in [2.45, 2.75) is 32.6 Å². The van der Waals surface area contributed by atoms with E-state index in [0.717, 1.165) is 12.8 Å². The van der Waals surface area contributed by atoms with E-state index in [1.165, 1.54) is 40.6 Å². The summed E-state index contributed by atoms with van der Waals surface area (Å²) in [6.07, 6.45) is 10.8. The van der Waals surface area contributed by atoms with Crippen LogP contribution in [0.2, 0.25) is 0 Å². The van der Waals surface area contributed by atoms with Gasteiger partial charge in [-0.05, 0) is 49.3 Å². The second-order valence-electron chi connectivity index (χ2n) is 5.17. The van der Waals surface area contributed by atoms with Gasteiger partial charge in [-0.2, -0.15) is 0 Å². The highest BCUT2D eigenvalue weighted by molar-refractivity contribution is 6.32. The van der Waals surface area contributed by atoms with E-state index in [9.17, 15) is 0 Å². The van der Waals surface area contributed by atoms with Crippen LogP contribution in [0, 0.1) is 0 Å². The minimum atomic E-state index is 1.15. The van der Waals surface area contributed by atoms with Crippen LogP contribution in [0.3, 0.4) is 0 Å². The number of aryl methyl sites for hydroxylation is 2. The Labute approximate surface area is 112 Å². The van der Waals surface area contributed by atoms with Crippen LogP contribution in [0.15, 0.2) is 54.2 Å². The first kappa shape index (κ1) is 12.9. The van der Waals surface area contributed by atoms with E-state index in [1.54, 1.807) is 0 Å². The number of allylic oxidation sites excluding steroid dienone is 5. The predicted octanol–water partition coefficient (Wildman–Crippen LogP) is 2.88.